The first-order valence-electron chi connectivity index (χ1n) is 4.06. The molecule has 1 rings (SSSR count). The molecule has 1 fully saturated rings. The van der Waals surface area contributed by atoms with E-state index in [4.69, 9.17) is 10.2 Å². The zero-order valence-electron chi connectivity index (χ0n) is 7.06. The van der Waals surface area contributed by atoms with E-state index in [1.165, 1.54) is 0 Å². The van der Waals surface area contributed by atoms with Crippen molar-refractivity contribution in [2.75, 3.05) is 0 Å². The first-order chi connectivity index (χ1) is 5.59. The Morgan fingerprint density at radius 2 is 1.31 bits per heavy atom. The van der Waals surface area contributed by atoms with E-state index in [1.807, 2.05) is 0 Å². The molecule has 4 nitrogen and oxygen atoms in total. The van der Waals surface area contributed by atoms with Crippen LogP contribution in [-0.2, 0) is 30.7 Å². The smallest absolute Gasteiger partial charge is 0.321 e. The molecule has 78 valence electrons. The second-order valence-corrected chi connectivity index (χ2v) is 3.25. The van der Waals surface area contributed by atoms with Crippen LogP contribution in [0.5, 0.6) is 0 Å². The van der Waals surface area contributed by atoms with E-state index in [1.54, 1.807) is 0 Å². The molecule has 0 atom stereocenters. The van der Waals surface area contributed by atoms with Gasteiger partial charge in [-0.05, 0) is 12.8 Å². The zero-order chi connectivity index (χ0) is 9.19. The standard InChI is InChI=1S/C8H12O4.Pt/c9-6(10)8(7(11)12)4-2-1-3-5-8;/h1-5H2,(H,9,10)(H,11,12);. The predicted molar refractivity (Wildman–Crippen MR) is 40.8 cm³/mol. The van der Waals surface area contributed by atoms with Gasteiger partial charge in [0.25, 0.3) is 0 Å². The SMILES string of the molecule is O=C(O)C1(C(=O)O)CCCCC1.[Pt]. The van der Waals surface area contributed by atoms with Crippen LogP contribution in [0.4, 0.5) is 0 Å². The second-order valence-electron chi connectivity index (χ2n) is 3.25. The van der Waals surface area contributed by atoms with Crippen molar-refractivity contribution >= 4 is 11.9 Å². The topological polar surface area (TPSA) is 74.6 Å². The van der Waals surface area contributed by atoms with Crippen molar-refractivity contribution in [2.45, 2.75) is 32.1 Å². The number of carbonyl (C=O) groups is 2. The molecular formula is C8H12O4Pt. The van der Waals surface area contributed by atoms with E-state index in [0.29, 0.717) is 12.8 Å². The molecule has 1 aliphatic rings. The number of rotatable bonds is 2. The Morgan fingerprint density at radius 3 is 1.54 bits per heavy atom. The summed E-state index contributed by atoms with van der Waals surface area (Å²) in [6.45, 7) is 0. The zero-order valence-corrected chi connectivity index (χ0v) is 9.33. The van der Waals surface area contributed by atoms with E-state index < -0.39 is 17.4 Å². The number of hydrogen-bond donors (Lipinski definition) is 2. The number of hydrogen-bond acceptors (Lipinski definition) is 2. The Morgan fingerprint density at radius 1 is 0.923 bits per heavy atom. The minimum atomic E-state index is -1.49. The molecular weight excluding hydrogens is 355 g/mol. The molecule has 13 heavy (non-hydrogen) atoms. The normalized spacial score (nSPS) is 20.0. The molecule has 2 N–H and O–H groups in total. The van der Waals surface area contributed by atoms with Crippen molar-refractivity contribution in [1.29, 1.82) is 0 Å². The van der Waals surface area contributed by atoms with Crippen LogP contribution < -0.4 is 0 Å². The van der Waals surface area contributed by atoms with Gasteiger partial charge in [-0.3, -0.25) is 9.59 Å². The van der Waals surface area contributed by atoms with E-state index >= 15 is 0 Å². The average molecular weight is 367 g/mol. The largest absolute Gasteiger partial charge is 0.480 e. The third kappa shape index (κ3) is 2.30. The van der Waals surface area contributed by atoms with Gasteiger partial charge < -0.3 is 10.2 Å². The van der Waals surface area contributed by atoms with E-state index in [0.717, 1.165) is 6.42 Å². The van der Waals surface area contributed by atoms with Crippen LogP contribution in [0.25, 0.3) is 0 Å². The van der Waals surface area contributed by atoms with Gasteiger partial charge in [-0.25, -0.2) is 0 Å². The fraction of sp³-hybridized carbons (Fsp3) is 0.750. The van der Waals surface area contributed by atoms with Gasteiger partial charge in [0.2, 0.25) is 0 Å². The van der Waals surface area contributed by atoms with Gasteiger partial charge in [0.05, 0.1) is 0 Å². The Kier molecular flexibility index (Phi) is 4.61. The summed E-state index contributed by atoms with van der Waals surface area (Å²) in [5, 5.41) is 17.6. The van der Waals surface area contributed by atoms with Crippen molar-refractivity contribution in [2.24, 2.45) is 5.41 Å². The monoisotopic (exact) mass is 367 g/mol. The van der Waals surface area contributed by atoms with E-state index in [2.05, 4.69) is 0 Å². The molecule has 0 aromatic rings. The Bertz CT molecular complexity index is 192. The maximum absolute atomic E-state index is 10.7. The van der Waals surface area contributed by atoms with E-state index in [9.17, 15) is 9.59 Å². The molecule has 0 unspecified atom stereocenters. The third-order valence-corrected chi connectivity index (χ3v) is 2.53. The number of aliphatic carboxylic acids is 2. The molecule has 1 saturated carbocycles. The van der Waals surface area contributed by atoms with Gasteiger partial charge in [0.1, 0.15) is 0 Å². The van der Waals surface area contributed by atoms with Gasteiger partial charge in [-0.15, -0.1) is 0 Å². The summed E-state index contributed by atoms with van der Waals surface area (Å²) in [4.78, 5) is 21.5. The maximum atomic E-state index is 10.7. The Labute approximate surface area is 90.6 Å². The number of carboxylic acids is 2. The first-order valence-corrected chi connectivity index (χ1v) is 4.06. The fourth-order valence-electron chi connectivity index (χ4n) is 1.67. The van der Waals surface area contributed by atoms with Crippen molar-refractivity contribution in [3.63, 3.8) is 0 Å². The molecule has 0 radical (unpaired) electrons. The molecule has 0 aliphatic heterocycles. The summed E-state index contributed by atoms with van der Waals surface area (Å²) < 4.78 is 0. The second kappa shape index (κ2) is 4.75. The van der Waals surface area contributed by atoms with Crippen LogP contribution in [0.3, 0.4) is 0 Å². The molecule has 0 amide bonds. The van der Waals surface area contributed by atoms with Crippen LogP contribution in [0.1, 0.15) is 32.1 Å². The Hall–Kier alpha value is -0.372. The van der Waals surface area contributed by atoms with Crippen molar-refractivity contribution in [1.82, 2.24) is 0 Å². The molecule has 0 spiro atoms. The van der Waals surface area contributed by atoms with Crippen LogP contribution in [0.2, 0.25) is 0 Å². The Balaban J connectivity index is 0.00000144. The molecule has 0 heterocycles. The molecule has 0 bridgehead atoms. The van der Waals surface area contributed by atoms with E-state index in [-0.39, 0.29) is 33.9 Å². The van der Waals surface area contributed by atoms with Gasteiger partial charge in [0.15, 0.2) is 5.41 Å². The molecule has 1 aliphatic carbocycles. The summed E-state index contributed by atoms with van der Waals surface area (Å²) >= 11 is 0. The average Bonchev–Trinajstić information content (AvgIpc) is 2.05. The van der Waals surface area contributed by atoms with Crippen LogP contribution in [0, 0.1) is 5.41 Å². The predicted octanol–water partition coefficient (Wildman–Crippen LogP) is 1.10. The third-order valence-electron chi connectivity index (χ3n) is 2.53. The van der Waals surface area contributed by atoms with Crippen LogP contribution in [0.15, 0.2) is 0 Å². The van der Waals surface area contributed by atoms with Crippen LogP contribution in [-0.4, -0.2) is 22.2 Å². The van der Waals surface area contributed by atoms with Crippen molar-refractivity contribution in [3.05, 3.63) is 0 Å². The van der Waals surface area contributed by atoms with Crippen LogP contribution >= 0.6 is 0 Å². The van der Waals surface area contributed by atoms with Gasteiger partial charge in [-0.1, -0.05) is 19.3 Å². The molecule has 0 aromatic carbocycles. The fourth-order valence-corrected chi connectivity index (χ4v) is 1.67. The first kappa shape index (κ1) is 12.6. The minimum absolute atomic E-state index is 0. The van der Waals surface area contributed by atoms with Crippen molar-refractivity contribution < 1.29 is 40.9 Å². The summed E-state index contributed by atoms with van der Waals surface area (Å²) in [6.07, 6.45) is 2.91. The summed E-state index contributed by atoms with van der Waals surface area (Å²) in [7, 11) is 0. The van der Waals surface area contributed by atoms with Gasteiger partial charge in [0, 0.05) is 21.1 Å². The molecule has 0 aromatic heterocycles. The summed E-state index contributed by atoms with van der Waals surface area (Å²) in [5.41, 5.74) is -1.49. The van der Waals surface area contributed by atoms with Gasteiger partial charge >= 0.3 is 11.9 Å². The summed E-state index contributed by atoms with van der Waals surface area (Å²) in [6, 6.07) is 0. The number of carboxylic acid groups (broad SMARTS) is 2. The summed E-state index contributed by atoms with van der Waals surface area (Å²) in [5.74, 6) is -2.37. The maximum Gasteiger partial charge on any atom is 0.321 e. The molecule has 0 saturated heterocycles. The minimum Gasteiger partial charge on any atom is -0.480 e. The van der Waals surface area contributed by atoms with Crippen molar-refractivity contribution in [3.8, 4) is 0 Å². The quantitative estimate of drug-likeness (QED) is 0.717. The van der Waals surface area contributed by atoms with Gasteiger partial charge in [-0.2, -0.15) is 0 Å². The molecule has 5 heteroatoms.